The molecule has 0 aromatic heterocycles. The lowest BCUT2D eigenvalue weighted by Crippen LogP contribution is -2.36. The molecule has 1 aromatic rings. The highest BCUT2D eigenvalue weighted by Crippen LogP contribution is 2.06. The third-order valence-electron chi connectivity index (χ3n) is 2.83. The van der Waals surface area contributed by atoms with Crippen LogP contribution in [0.4, 0.5) is 0 Å². The van der Waals surface area contributed by atoms with Crippen molar-refractivity contribution in [3.05, 3.63) is 35.4 Å². The number of nitrogens with two attached hydrogens (primary N) is 1. The van der Waals surface area contributed by atoms with Crippen molar-refractivity contribution in [3.63, 3.8) is 0 Å². The first kappa shape index (κ1) is 15.7. The monoisotopic (exact) mass is 263 g/mol. The van der Waals surface area contributed by atoms with Crippen molar-refractivity contribution in [1.29, 1.82) is 0 Å². The molecule has 3 N–H and O–H groups in total. The smallest absolute Gasteiger partial charge is 0.234 e. The second kappa shape index (κ2) is 7.92. The van der Waals surface area contributed by atoms with Gasteiger partial charge in [-0.2, -0.15) is 0 Å². The second-order valence-corrected chi connectivity index (χ2v) is 5.39. The fourth-order valence-corrected chi connectivity index (χ4v) is 1.77. The minimum atomic E-state index is 0.0785. The van der Waals surface area contributed by atoms with E-state index in [1.807, 2.05) is 24.1 Å². The SMILES string of the molecule is CC(C)CNC(=O)CN(C)Cc1ccc(CN)cc1. The number of rotatable bonds is 7. The normalized spacial score (nSPS) is 11.1. The summed E-state index contributed by atoms with van der Waals surface area (Å²) in [7, 11) is 1.95. The van der Waals surface area contributed by atoms with Crippen molar-refractivity contribution in [2.24, 2.45) is 11.7 Å². The van der Waals surface area contributed by atoms with E-state index in [9.17, 15) is 4.79 Å². The maximum atomic E-state index is 11.7. The topological polar surface area (TPSA) is 58.4 Å². The summed E-state index contributed by atoms with van der Waals surface area (Å²) in [5.41, 5.74) is 7.88. The van der Waals surface area contributed by atoms with Crippen LogP contribution in [0, 0.1) is 5.92 Å². The summed E-state index contributed by atoms with van der Waals surface area (Å²) < 4.78 is 0. The molecule has 106 valence electrons. The molecule has 0 aliphatic heterocycles. The van der Waals surface area contributed by atoms with Gasteiger partial charge in [-0.1, -0.05) is 38.1 Å². The zero-order valence-electron chi connectivity index (χ0n) is 12.1. The maximum Gasteiger partial charge on any atom is 0.234 e. The number of carbonyl (C=O) groups excluding carboxylic acids is 1. The number of hydrogen-bond acceptors (Lipinski definition) is 3. The number of benzene rings is 1. The van der Waals surface area contributed by atoms with Crippen molar-refractivity contribution in [2.75, 3.05) is 20.1 Å². The van der Waals surface area contributed by atoms with E-state index in [1.165, 1.54) is 5.56 Å². The van der Waals surface area contributed by atoms with Crippen LogP contribution in [-0.2, 0) is 17.9 Å². The van der Waals surface area contributed by atoms with Crippen LogP contribution < -0.4 is 11.1 Å². The first-order valence-corrected chi connectivity index (χ1v) is 6.74. The standard InChI is InChI=1S/C15H25N3O/c1-12(2)9-17-15(19)11-18(3)10-14-6-4-13(8-16)5-7-14/h4-7,12H,8-11,16H2,1-3H3,(H,17,19). The van der Waals surface area contributed by atoms with Crippen molar-refractivity contribution in [3.8, 4) is 0 Å². The minimum absolute atomic E-state index is 0.0785. The van der Waals surface area contributed by atoms with Crippen LogP contribution in [0.1, 0.15) is 25.0 Å². The Morgan fingerprint density at radius 3 is 2.37 bits per heavy atom. The van der Waals surface area contributed by atoms with Crippen LogP contribution >= 0.6 is 0 Å². The van der Waals surface area contributed by atoms with Crippen LogP contribution in [0.2, 0.25) is 0 Å². The zero-order chi connectivity index (χ0) is 14.3. The fraction of sp³-hybridized carbons (Fsp3) is 0.533. The molecule has 1 aromatic carbocycles. The van der Waals surface area contributed by atoms with Gasteiger partial charge in [-0.25, -0.2) is 0 Å². The molecule has 0 unspecified atom stereocenters. The van der Waals surface area contributed by atoms with E-state index in [0.717, 1.165) is 18.7 Å². The molecule has 0 fully saturated rings. The van der Waals surface area contributed by atoms with Crippen LogP contribution in [0.5, 0.6) is 0 Å². The average Bonchev–Trinajstić information content (AvgIpc) is 2.37. The van der Waals surface area contributed by atoms with Gasteiger partial charge in [-0.05, 0) is 24.1 Å². The molecule has 0 saturated heterocycles. The second-order valence-electron chi connectivity index (χ2n) is 5.39. The van der Waals surface area contributed by atoms with Crippen molar-refractivity contribution >= 4 is 5.91 Å². The maximum absolute atomic E-state index is 11.7. The van der Waals surface area contributed by atoms with Crippen molar-refractivity contribution in [1.82, 2.24) is 10.2 Å². The van der Waals surface area contributed by atoms with E-state index in [1.54, 1.807) is 0 Å². The molecular weight excluding hydrogens is 238 g/mol. The Kier molecular flexibility index (Phi) is 6.53. The summed E-state index contributed by atoms with van der Waals surface area (Å²) in [6, 6.07) is 8.18. The molecule has 0 spiro atoms. The number of amides is 1. The van der Waals surface area contributed by atoms with Gasteiger partial charge < -0.3 is 11.1 Å². The van der Waals surface area contributed by atoms with Crippen LogP contribution in [-0.4, -0.2) is 30.9 Å². The lowest BCUT2D eigenvalue weighted by atomic mass is 10.1. The average molecular weight is 263 g/mol. The lowest BCUT2D eigenvalue weighted by Gasteiger charge is -2.17. The molecule has 0 bridgehead atoms. The fourth-order valence-electron chi connectivity index (χ4n) is 1.77. The van der Waals surface area contributed by atoms with E-state index < -0.39 is 0 Å². The number of hydrogen-bond donors (Lipinski definition) is 2. The van der Waals surface area contributed by atoms with Crippen molar-refractivity contribution in [2.45, 2.75) is 26.9 Å². The molecule has 4 nitrogen and oxygen atoms in total. The Balaban J connectivity index is 2.37. The Morgan fingerprint density at radius 2 is 1.84 bits per heavy atom. The van der Waals surface area contributed by atoms with Gasteiger partial charge >= 0.3 is 0 Å². The number of nitrogens with one attached hydrogen (secondary N) is 1. The Labute approximate surface area is 116 Å². The van der Waals surface area contributed by atoms with E-state index in [2.05, 4.69) is 31.3 Å². The molecule has 0 atom stereocenters. The van der Waals surface area contributed by atoms with Gasteiger partial charge in [0, 0.05) is 19.6 Å². The third-order valence-corrected chi connectivity index (χ3v) is 2.83. The summed E-state index contributed by atoms with van der Waals surface area (Å²) in [4.78, 5) is 13.7. The van der Waals surface area contributed by atoms with Crippen LogP contribution in [0.25, 0.3) is 0 Å². The van der Waals surface area contributed by atoms with Gasteiger partial charge in [0.1, 0.15) is 0 Å². The number of likely N-dealkylation sites (N-methyl/N-ethyl adjacent to an activating group) is 1. The molecule has 4 heteroatoms. The van der Waals surface area contributed by atoms with Crippen LogP contribution in [0.3, 0.4) is 0 Å². The summed E-state index contributed by atoms with van der Waals surface area (Å²) >= 11 is 0. The molecule has 1 amide bonds. The molecular formula is C15H25N3O. The predicted octanol–water partition coefficient (Wildman–Crippen LogP) is 1.35. The third kappa shape index (κ3) is 6.36. The Bertz CT molecular complexity index is 387. The Morgan fingerprint density at radius 1 is 1.26 bits per heavy atom. The first-order valence-electron chi connectivity index (χ1n) is 6.74. The molecule has 1 rings (SSSR count). The summed E-state index contributed by atoms with van der Waals surface area (Å²) in [5.74, 6) is 0.563. The molecule has 0 aliphatic rings. The summed E-state index contributed by atoms with van der Waals surface area (Å²) in [5, 5.41) is 2.92. The molecule has 19 heavy (non-hydrogen) atoms. The molecule has 0 saturated carbocycles. The zero-order valence-corrected chi connectivity index (χ0v) is 12.1. The Hall–Kier alpha value is -1.39. The van der Waals surface area contributed by atoms with Gasteiger partial charge in [0.05, 0.1) is 6.54 Å². The first-order chi connectivity index (χ1) is 9.01. The van der Waals surface area contributed by atoms with E-state index in [-0.39, 0.29) is 5.91 Å². The van der Waals surface area contributed by atoms with Gasteiger partial charge in [0.15, 0.2) is 0 Å². The highest BCUT2D eigenvalue weighted by atomic mass is 16.2. The summed E-state index contributed by atoms with van der Waals surface area (Å²) in [6.07, 6.45) is 0. The van der Waals surface area contributed by atoms with Gasteiger partial charge in [0.2, 0.25) is 5.91 Å². The van der Waals surface area contributed by atoms with E-state index >= 15 is 0 Å². The van der Waals surface area contributed by atoms with Gasteiger partial charge in [-0.15, -0.1) is 0 Å². The number of nitrogens with zero attached hydrogens (tertiary/aromatic N) is 1. The van der Waals surface area contributed by atoms with Crippen LogP contribution in [0.15, 0.2) is 24.3 Å². The van der Waals surface area contributed by atoms with Gasteiger partial charge in [0.25, 0.3) is 0 Å². The van der Waals surface area contributed by atoms with E-state index in [4.69, 9.17) is 5.73 Å². The highest BCUT2D eigenvalue weighted by Gasteiger charge is 2.07. The number of carbonyl (C=O) groups is 1. The molecule has 0 heterocycles. The summed E-state index contributed by atoms with van der Waals surface area (Å²) in [6.45, 7) is 6.66. The largest absolute Gasteiger partial charge is 0.355 e. The van der Waals surface area contributed by atoms with Crippen molar-refractivity contribution < 1.29 is 4.79 Å². The predicted molar refractivity (Wildman–Crippen MR) is 78.5 cm³/mol. The van der Waals surface area contributed by atoms with E-state index in [0.29, 0.717) is 19.0 Å². The van der Waals surface area contributed by atoms with Gasteiger partial charge in [-0.3, -0.25) is 9.69 Å². The quantitative estimate of drug-likeness (QED) is 0.780. The molecule has 0 aliphatic carbocycles. The lowest BCUT2D eigenvalue weighted by molar-refractivity contribution is -0.122. The minimum Gasteiger partial charge on any atom is -0.355 e. The molecule has 0 radical (unpaired) electrons. The highest BCUT2D eigenvalue weighted by molar-refractivity contribution is 5.77.